The van der Waals surface area contributed by atoms with Gasteiger partial charge >= 0.3 is 0 Å². The summed E-state index contributed by atoms with van der Waals surface area (Å²) in [6.45, 7) is 8.36. The summed E-state index contributed by atoms with van der Waals surface area (Å²) in [5.74, 6) is 0. The van der Waals surface area contributed by atoms with Gasteiger partial charge in [-0.25, -0.2) is 0 Å². The van der Waals surface area contributed by atoms with Crippen LogP contribution in [0.5, 0.6) is 0 Å². The topological polar surface area (TPSA) is 20.2 Å². The minimum Gasteiger partial charge on any atom is -1.00 e. The number of hydrogen-bond donors (Lipinski definition) is 1. The fourth-order valence-electron chi connectivity index (χ4n) is 3.83. The molecule has 0 aliphatic heterocycles. The van der Waals surface area contributed by atoms with Crippen molar-refractivity contribution in [3.63, 3.8) is 0 Å². The third-order valence-corrected chi connectivity index (χ3v) is 5.74. The highest BCUT2D eigenvalue weighted by atomic mass is 35.5. The highest BCUT2D eigenvalue weighted by Gasteiger charge is 2.19. The highest BCUT2D eigenvalue weighted by Crippen LogP contribution is 2.14. The van der Waals surface area contributed by atoms with Gasteiger partial charge in [0.25, 0.3) is 0 Å². The van der Waals surface area contributed by atoms with Crippen molar-refractivity contribution in [1.82, 2.24) is 0 Å². The van der Waals surface area contributed by atoms with E-state index >= 15 is 0 Å². The molecule has 0 heterocycles. The summed E-state index contributed by atoms with van der Waals surface area (Å²) in [5, 5.41) is 9.43. The number of rotatable bonds is 20. The molecule has 3 heteroatoms. The van der Waals surface area contributed by atoms with Crippen molar-refractivity contribution in [2.45, 2.75) is 117 Å². The summed E-state index contributed by atoms with van der Waals surface area (Å²) >= 11 is 0. The van der Waals surface area contributed by atoms with E-state index in [-0.39, 0.29) is 12.4 Å². The lowest BCUT2D eigenvalue weighted by molar-refractivity contribution is -0.910. The first kappa shape index (κ1) is 28.4. The summed E-state index contributed by atoms with van der Waals surface area (Å²) in [7, 11) is 2.36. The molecule has 0 rings (SSSR count). The second kappa shape index (κ2) is 21.5. The third kappa shape index (κ3) is 19.0. The fourth-order valence-corrected chi connectivity index (χ4v) is 3.83. The molecule has 1 N–H and O–H groups in total. The van der Waals surface area contributed by atoms with Gasteiger partial charge in [-0.15, -0.1) is 0 Å². The molecule has 0 atom stereocenters. The van der Waals surface area contributed by atoms with Crippen LogP contribution in [0.4, 0.5) is 0 Å². The maximum absolute atomic E-state index is 9.43. The van der Waals surface area contributed by atoms with Crippen molar-refractivity contribution in [1.29, 1.82) is 0 Å². The van der Waals surface area contributed by atoms with E-state index in [1.54, 1.807) is 0 Å². The van der Waals surface area contributed by atoms with Crippen LogP contribution in [0, 0.1) is 0 Å². The van der Waals surface area contributed by atoms with Crippen molar-refractivity contribution in [3.8, 4) is 0 Å². The summed E-state index contributed by atoms with van der Waals surface area (Å²) in [6, 6.07) is 0. The van der Waals surface area contributed by atoms with Crippen molar-refractivity contribution in [2.24, 2.45) is 0 Å². The molecule has 0 saturated heterocycles. The predicted octanol–water partition coefficient (Wildman–Crippen LogP) is 3.71. The zero-order chi connectivity index (χ0) is 18.6. The Morgan fingerprint density at radius 1 is 0.500 bits per heavy atom. The van der Waals surface area contributed by atoms with Crippen molar-refractivity contribution < 1.29 is 22.0 Å². The van der Waals surface area contributed by atoms with Gasteiger partial charge in [-0.1, -0.05) is 90.9 Å². The normalized spacial score (nSPS) is 11.5. The van der Waals surface area contributed by atoms with Crippen LogP contribution < -0.4 is 12.4 Å². The minimum atomic E-state index is 0. The van der Waals surface area contributed by atoms with E-state index in [0.29, 0.717) is 6.61 Å². The van der Waals surface area contributed by atoms with Crippen LogP contribution in [-0.2, 0) is 0 Å². The molecular formula is C23H50ClNO. The molecule has 0 fully saturated rings. The van der Waals surface area contributed by atoms with E-state index in [2.05, 4.69) is 20.9 Å². The Kier molecular flexibility index (Phi) is 23.5. The average Bonchev–Trinajstić information content (AvgIpc) is 2.60. The van der Waals surface area contributed by atoms with Crippen molar-refractivity contribution in [3.05, 3.63) is 0 Å². The number of unbranched alkanes of at least 4 members (excludes halogenated alkanes) is 14. The number of nitrogens with zero attached hydrogens (tertiary/aromatic N) is 1. The summed E-state index contributed by atoms with van der Waals surface area (Å²) in [5.41, 5.74) is 0. The van der Waals surface area contributed by atoms with E-state index < -0.39 is 0 Å². The van der Waals surface area contributed by atoms with Gasteiger partial charge in [0.15, 0.2) is 0 Å². The van der Waals surface area contributed by atoms with Crippen molar-refractivity contribution in [2.75, 3.05) is 33.3 Å². The van der Waals surface area contributed by atoms with Gasteiger partial charge in [-0.2, -0.15) is 0 Å². The molecule has 0 aliphatic carbocycles. The summed E-state index contributed by atoms with van der Waals surface area (Å²) in [6.07, 6.45) is 22.3. The lowest BCUT2D eigenvalue weighted by Gasteiger charge is -2.34. The molecule has 160 valence electrons. The molecule has 0 bridgehead atoms. The smallest absolute Gasteiger partial charge is 0.102 e. The van der Waals surface area contributed by atoms with E-state index in [1.807, 2.05) is 0 Å². The molecule has 0 unspecified atom stereocenters. The fraction of sp³-hybridized carbons (Fsp3) is 1.00. The monoisotopic (exact) mass is 391 g/mol. The first-order valence-electron chi connectivity index (χ1n) is 11.6. The first-order chi connectivity index (χ1) is 12.2. The maximum Gasteiger partial charge on any atom is 0.102 e. The Bertz CT molecular complexity index is 241. The van der Waals surface area contributed by atoms with Crippen LogP contribution in [0.15, 0.2) is 0 Å². The Balaban J connectivity index is 0. The summed E-state index contributed by atoms with van der Waals surface area (Å²) < 4.78 is 1.09. The van der Waals surface area contributed by atoms with Gasteiger partial charge in [0, 0.05) is 0 Å². The molecule has 0 amide bonds. The Hall–Kier alpha value is 0.210. The largest absolute Gasteiger partial charge is 1.00 e. The molecule has 0 aromatic carbocycles. The zero-order valence-corrected chi connectivity index (χ0v) is 19.2. The second-order valence-corrected chi connectivity index (χ2v) is 8.46. The SMILES string of the molecule is CCCCCCCCCC[N+](C)(CCO)CCCCCCCCCC.[Cl-]. The molecular weight excluding hydrogens is 342 g/mol. The Morgan fingerprint density at radius 3 is 1.12 bits per heavy atom. The Morgan fingerprint density at radius 2 is 0.808 bits per heavy atom. The van der Waals surface area contributed by atoms with Crippen molar-refractivity contribution >= 4 is 0 Å². The second-order valence-electron chi connectivity index (χ2n) is 8.46. The van der Waals surface area contributed by atoms with Gasteiger partial charge < -0.3 is 22.0 Å². The number of quaternary nitrogens is 1. The highest BCUT2D eigenvalue weighted by molar-refractivity contribution is 4.50. The molecule has 0 aromatic heterocycles. The molecule has 26 heavy (non-hydrogen) atoms. The van der Waals surface area contributed by atoms with Crippen LogP contribution in [0.3, 0.4) is 0 Å². The molecule has 0 aromatic rings. The quantitative estimate of drug-likeness (QED) is 0.248. The van der Waals surface area contributed by atoms with Gasteiger partial charge in [0.05, 0.1) is 26.7 Å². The molecule has 2 nitrogen and oxygen atoms in total. The number of aliphatic hydroxyl groups is 1. The average molecular weight is 392 g/mol. The number of halogens is 1. The van der Waals surface area contributed by atoms with Gasteiger partial charge in [0.1, 0.15) is 6.54 Å². The van der Waals surface area contributed by atoms with Crippen LogP contribution in [0.25, 0.3) is 0 Å². The number of hydrogen-bond acceptors (Lipinski definition) is 1. The summed E-state index contributed by atoms with van der Waals surface area (Å²) in [4.78, 5) is 0. The maximum atomic E-state index is 9.43. The molecule has 0 radical (unpaired) electrons. The van der Waals surface area contributed by atoms with Crippen LogP contribution >= 0.6 is 0 Å². The van der Waals surface area contributed by atoms with E-state index in [1.165, 1.54) is 116 Å². The van der Waals surface area contributed by atoms with Gasteiger partial charge in [0.2, 0.25) is 0 Å². The minimum absolute atomic E-state index is 0. The van der Waals surface area contributed by atoms with E-state index in [4.69, 9.17) is 0 Å². The predicted molar refractivity (Wildman–Crippen MR) is 113 cm³/mol. The molecule has 0 aliphatic rings. The van der Waals surface area contributed by atoms with Gasteiger partial charge in [-0.3, -0.25) is 0 Å². The lowest BCUT2D eigenvalue weighted by atomic mass is 10.1. The van der Waals surface area contributed by atoms with Crippen LogP contribution in [-0.4, -0.2) is 42.9 Å². The van der Waals surface area contributed by atoms with Crippen LogP contribution in [0.2, 0.25) is 0 Å². The number of aliphatic hydroxyl groups excluding tert-OH is 1. The Labute approximate surface area is 172 Å². The van der Waals surface area contributed by atoms with Crippen LogP contribution in [0.1, 0.15) is 117 Å². The molecule has 0 saturated carbocycles. The first-order valence-corrected chi connectivity index (χ1v) is 11.6. The molecule has 0 spiro atoms. The zero-order valence-electron chi connectivity index (χ0n) is 18.4. The lowest BCUT2D eigenvalue weighted by Crippen LogP contribution is -3.00. The third-order valence-electron chi connectivity index (χ3n) is 5.74. The van der Waals surface area contributed by atoms with Gasteiger partial charge in [-0.05, 0) is 25.7 Å². The standard InChI is InChI=1S/C23H50NO.ClH/c1-4-6-8-10-12-14-16-18-20-24(3,22-23-25)21-19-17-15-13-11-9-7-5-2;/h25H,4-23H2,1-3H3;1H/q+1;/p-1. The van der Waals surface area contributed by atoms with E-state index in [0.717, 1.165) is 11.0 Å². The number of likely N-dealkylation sites (N-methyl/N-ethyl adjacent to an activating group) is 1. The van der Waals surface area contributed by atoms with E-state index in [9.17, 15) is 5.11 Å².